The largest absolute Gasteiger partial charge is 0.382 e. The molecular formula is C23H20FN9O. The number of hydrogen-bond acceptors (Lipinski definition) is 8. The van der Waals surface area contributed by atoms with E-state index in [9.17, 15) is 9.50 Å². The van der Waals surface area contributed by atoms with Crippen molar-refractivity contribution in [2.45, 2.75) is 38.2 Å². The summed E-state index contributed by atoms with van der Waals surface area (Å²) in [5, 5.41) is 29.9. The van der Waals surface area contributed by atoms with E-state index in [1.54, 1.807) is 23.0 Å². The van der Waals surface area contributed by atoms with E-state index in [1.807, 2.05) is 11.6 Å². The second kappa shape index (κ2) is 7.51. The number of hydrogen-bond donors (Lipinski definition) is 1. The first-order valence-electron chi connectivity index (χ1n) is 10.9. The second-order valence-electron chi connectivity index (χ2n) is 8.65. The molecule has 11 heteroatoms. The molecule has 0 saturated carbocycles. The van der Waals surface area contributed by atoms with E-state index in [4.69, 9.17) is 5.26 Å². The fourth-order valence-corrected chi connectivity index (χ4v) is 4.87. The van der Waals surface area contributed by atoms with Crippen LogP contribution in [0, 0.1) is 17.1 Å². The highest BCUT2D eigenvalue weighted by molar-refractivity contribution is 5.64. The summed E-state index contributed by atoms with van der Waals surface area (Å²) in [4.78, 5) is 15.2. The van der Waals surface area contributed by atoms with E-state index in [0.29, 0.717) is 53.5 Å². The van der Waals surface area contributed by atoms with Gasteiger partial charge in [0.2, 0.25) is 0 Å². The van der Waals surface area contributed by atoms with Crippen molar-refractivity contribution in [3.05, 3.63) is 65.8 Å². The Hall–Kier alpha value is -4.01. The van der Waals surface area contributed by atoms with Gasteiger partial charge in [-0.15, -0.1) is 0 Å². The van der Waals surface area contributed by atoms with Gasteiger partial charge in [0, 0.05) is 36.1 Å². The summed E-state index contributed by atoms with van der Waals surface area (Å²) < 4.78 is 17.5. The Labute approximate surface area is 193 Å². The first-order chi connectivity index (χ1) is 16.5. The number of nitriles is 1. The predicted octanol–water partition coefficient (Wildman–Crippen LogP) is 1.71. The molecule has 5 heterocycles. The molecule has 0 spiro atoms. The number of fused-ring (bicyclic) bond motifs is 4. The molecule has 6 rings (SSSR count). The maximum atomic E-state index is 14.1. The summed E-state index contributed by atoms with van der Waals surface area (Å²) in [7, 11) is 0. The van der Waals surface area contributed by atoms with Crippen molar-refractivity contribution in [1.82, 2.24) is 39.4 Å². The van der Waals surface area contributed by atoms with E-state index in [0.717, 1.165) is 5.82 Å². The lowest BCUT2D eigenvalue weighted by atomic mass is 9.80. The molecule has 2 atom stereocenters. The normalized spacial score (nSPS) is 20.2. The summed E-state index contributed by atoms with van der Waals surface area (Å²) in [5.41, 5.74) is 1.00. The van der Waals surface area contributed by atoms with Crippen molar-refractivity contribution in [3.8, 4) is 28.8 Å². The quantitative estimate of drug-likeness (QED) is 0.494. The van der Waals surface area contributed by atoms with Gasteiger partial charge in [0.1, 0.15) is 29.6 Å². The topological polar surface area (TPSA) is 122 Å². The third-order valence-corrected chi connectivity index (χ3v) is 6.75. The lowest BCUT2D eigenvalue weighted by Crippen LogP contribution is -2.54. The minimum Gasteiger partial charge on any atom is -0.382 e. The Morgan fingerprint density at radius 2 is 2.09 bits per heavy atom. The van der Waals surface area contributed by atoms with Crippen molar-refractivity contribution >= 4 is 0 Å². The van der Waals surface area contributed by atoms with Crippen molar-refractivity contribution in [3.63, 3.8) is 0 Å². The summed E-state index contributed by atoms with van der Waals surface area (Å²) in [6, 6.07) is 7.87. The zero-order valence-corrected chi connectivity index (χ0v) is 18.3. The van der Waals surface area contributed by atoms with E-state index in [2.05, 4.69) is 36.1 Å². The molecule has 0 amide bonds. The van der Waals surface area contributed by atoms with Gasteiger partial charge in [-0.25, -0.2) is 23.7 Å². The number of pyridine rings is 1. The molecule has 0 aliphatic carbocycles. The van der Waals surface area contributed by atoms with Crippen LogP contribution in [0.1, 0.15) is 23.9 Å². The minimum atomic E-state index is -1.31. The van der Waals surface area contributed by atoms with Gasteiger partial charge in [-0.3, -0.25) is 9.88 Å². The molecule has 0 bridgehead atoms. The Morgan fingerprint density at radius 3 is 2.94 bits per heavy atom. The Kier molecular flexibility index (Phi) is 4.55. The number of benzene rings is 1. The van der Waals surface area contributed by atoms with Crippen molar-refractivity contribution in [2.24, 2.45) is 0 Å². The van der Waals surface area contributed by atoms with Gasteiger partial charge in [-0.05, 0) is 30.7 Å². The van der Waals surface area contributed by atoms with Crippen LogP contribution in [0.25, 0.3) is 22.8 Å². The van der Waals surface area contributed by atoms with Gasteiger partial charge in [0.15, 0.2) is 11.6 Å². The molecule has 170 valence electrons. The first-order valence-corrected chi connectivity index (χ1v) is 10.9. The van der Waals surface area contributed by atoms with Gasteiger partial charge in [0.25, 0.3) is 0 Å². The molecule has 1 aromatic carbocycles. The number of rotatable bonds is 3. The zero-order valence-electron chi connectivity index (χ0n) is 18.3. The highest BCUT2D eigenvalue weighted by Crippen LogP contribution is 2.41. The lowest BCUT2D eigenvalue weighted by Gasteiger charge is -2.44. The third kappa shape index (κ3) is 3.11. The minimum absolute atomic E-state index is 0.212. The van der Waals surface area contributed by atoms with Crippen LogP contribution in [0.15, 0.2) is 43.0 Å². The third-order valence-electron chi connectivity index (χ3n) is 6.75. The fourth-order valence-electron chi connectivity index (χ4n) is 4.87. The second-order valence-corrected chi connectivity index (χ2v) is 8.65. The molecule has 0 unspecified atom stereocenters. The number of aliphatic hydroxyl groups is 1. The summed E-state index contributed by atoms with van der Waals surface area (Å²) >= 11 is 0. The monoisotopic (exact) mass is 457 g/mol. The average molecular weight is 457 g/mol. The smallest absolute Gasteiger partial charge is 0.183 e. The molecule has 0 fully saturated rings. The Balaban J connectivity index is 1.32. The Bertz CT molecular complexity index is 1450. The molecule has 0 radical (unpaired) electrons. The van der Waals surface area contributed by atoms with E-state index < -0.39 is 11.4 Å². The van der Waals surface area contributed by atoms with Crippen LogP contribution in [0.2, 0.25) is 0 Å². The van der Waals surface area contributed by atoms with Crippen LogP contribution in [-0.2, 0) is 25.2 Å². The SMILES string of the molecule is C[C@@H](N1CCn2nc(-c3cncc(C#N)c3)nc2C1)[C@]1(O)Cn2ncnc2-c2cc(F)ccc21. The molecule has 2 aliphatic heterocycles. The van der Waals surface area contributed by atoms with Crippen LogP contribution in [0.5, 0.6) is 0 Å². The number of nitrogens with zero attached hydrogens (tertiary/aromatic N) is 9. The standard InChI is InChI=1S/C23H20FN9O/c1-14(23(34)12-33-22(27-13-28-33)18-7-17(24)2-3-19(18)23)31-4-5-32-20(11-31)29-21(30-32)16-6-15(8-25)9-26-10-16/h2-3,6-7,9-10,13-14,34H,4-5,11-12H2,1H3/t14-,23-/m1/s1. The lowest BCUT2D eigenvalue weighted by molar-refractivity contribution is -0.0708. The van der Waals surface area contributed by atoms with Crippen molar-refractivity contribution in [2.75, 3.05) is 6.54 Å². The van der Waals surface area contributed by atoms with E-state index >= 15 is 0 Å². The summed E-state index contributed by atoms with van der Waals surface area (Å²) in [5.74, 6) is 1.43. The maximum absolute atomic E-state index is 14.1. The maximum Gasteiger partial charge on any atom is 0.183 e. The van der Waals surface area contributed by atoms with Gasteiger partial charge in [-0.1, -0.05) is 6.07 Å². The van der Waals surface area contributed by atoms with Gasteiger partial charge >= 0.3 is 0 Å². The van der Waals surface area contributed by atoms with Crippen molar-refractivity contribution < 1.29 is 9.50 Å². The average Bonchev–Trinajstić information content (AvgIpc) is 3.50. The highest BCUT2D eigenvalue weighted by Gasteiger charge is 2.46. The van der Waals surface area contributed by atoms with Crippen LogP contribution in [0.3, 0.4) is 0 Å². The predicted molar refractivity (Wildman–Crippen MR) is 117 cm³/mol. The molecule has 1 N–H and O–H groups in total. The van der Waals surface area contributed by atoms with Crippen LogP contribution >= 0.6 is 0 Å². The van der Waals surface area contributed by atoms with E-state index in [1.165, 1.54) is 24.7 Å². The van der Waals surface area contributed by atoms with Gasteiger partial charge in [0.05, 0.1) is 25.2 Å². The molecular weight excluding hydrogens is 437 g/mol. The van der Waals surface area contributed by atoms with Crippen LogP contribution < -0.4 is 0 Å². The zero-order chi connectivity index (χ0) is 23.4. The molecule has 10 nitrogen and oxygen atoms in total. The molecule has 4 aromatic rings. The molecule has 0 saturated heterocycles. The molecule has 3 aromatic heterocycles. The van der Waals surface area contributed by atoms with E-state index in [-0.39, 0.29) is 12.6 Å². The van der Waals surface area contributed by atoms with Gasteiger partial charge < -0.3 is 5.11 Å². The molecule has 2 aliphatic rings. The highest BCUT2D eigenvalue weighted by atomic mass is 19.1. The van der Waals surface area contributed by atoms with Gasteiger partial charge in [-0.2, -0.15) is 15.5 Å². The number of halogens is 1. The Morgan fingerprint density at radius 1 is 1.21 bits per heavy atom. The van der Waals surface area contributed by atoms with Crippen LogP contribution in [-0.4, -0.2) is 57.1 Å². The fraction of sp³-hybridized carbons (Fsp3) is 0.304. The first kappa shape index (κ1) is 20.6. The van der Waals surface area contributed by atoms with Crippen LogP contribution in [0.4, 0.5) is 4.39 Å². The molecule has 34 heavy (non-hydrogen) atoms. The number of aromatic nitrogens is 7. The summed E-state index contributed by atoms with van der Waals surface area (Å²) in [6.45, 7) is 3.89. The van der Waals surface area contributed by atoms with Crippen molar-refractivity contribution in [1.29, 1.82) is 5.26 Å². The summed E-state index contributed by atoms with van der Waals surface area (Å²) in [6.07, 6.45) is 4.55.